The van der Waals surface area contributed by atoms with Gasteiger partial charge in [0, 0.05) is 23.9 Å². The van der Waals surface area contributed by atoms with E-state index in [-0.39, 0.29) is 35.1 Å². The van der Waals surface area contributed by atoms with E-state index in [1.807, 2.05) is 53.7 Å². The van der Waals surface area contributed by atoms with Crippen LogP contribution in [-0.4, -0.2) is 17.6 Å². The number of allylic oxidation sites excluding steroid dienone is 1. The zero-order chi connectivity index (χ0) is 29.4. The van der Waals surface area contributed by atoms with Crippen molar-refractivity contribution in [3.05, 3.63) is 70.8 Å². The van der Waals surface area contributed by atoms with E-state index in [9.17, 15) is 13.6 Å². The van der Waals surface area contributed by atoms with Crippen molar-refractivity contribution >= 4 is 17.2 Å². The fraction of sp³-hybridized carbons (Fsp3) is 0.545. The fourth-order valence-electron chi connectivity index (χ4n) is 4.33. The fourth-order valence-corrected chi connectivity index (χ4v) is 4.33. The predicted molar refractivity (Wildman–Crippen MR) is 155 cm³/mol. The second-order valence-electron chi connectivity index (χ2n) is 12.1. The summed E-state index contributed by atoms with van der Waals surface area (Å²) in [7, 11) is 0. The van der Waals surface area contributed by atoms with Crippen molar-refractivity contribution in [3.63, 3.8) is 0 Å². The average Bonchev–Trinajstić information content (AvgIpc) is 2.84. The Labute approximate surface area is 232 Å². The van der Waals surface area contributed by atoms with E-state index in [4.69, 9.17) is 5.11 Å². The lowest BCUT2D eigenvalue weighted by Crippen LogP contribution is -2.24. The Hall–Kier alpha value is -2.60. The Balaban J connectivity index is 0.000000798. The number of benzene rings is 2. The van der Waals surface area contributed by atoms with Crippen molar-refractivity contribution in [2.75, 3.05) is 11.9 Å². The largest absolute Gasteiger partial charge is 0.396 e. The number of anilines is 1. The van der Waals surface area contributed by atoms with Gasteiger partial charge in [0.1, 0.15) is 17.3 Å². The van der Waals surface area contributed by atoms with Crippen LogP contribution in [0.15, 0.2) is 42.5 Å². The van der Waals surface area contributed by atoms with Crippen molar-refractivity contribution in [1.82, 2.24) is 0 Å². The van der Waals surface area contributed by atoms with Crippen molar-refractivity contribution in [3.8, 4) is 0 Å². The molecule has 1 aliphatic rings. The number of carbonyl (C=O) groups excluding carboxylic acids is 1. The summed E-state index contributed by atoms with van der Waals surface area (Å²) in [6, 6.07) is 9.58. The topological polar surface area (TPSA) is 49.3 Å². The van der Waals surface area contributed by atoms with E-state index >= 15 is 4.39 Å². The molecule has 1 amide bonds. The molecule has 2 unspecified atom stereocenters. The van der Waals surface area contributed by atoms with Gasteiger partial charge in [0.15, 0.2) is 0 Å². The highest BCUT2D eigenvalue weighted by Gasteiger charge is 2.31. The number of amides is 1. The zero-order valence-electron chi connectivity index (χ0n) is 24.6. The number of aliphatic hydroxyl groups excluding tert-OH is 1. The van der Waals surface area contributed by atoms with Gasteiger partial charge in [-0.3, -0.25) is 4.79 Å². The lowest BCUT2D eigenvalue weighted by atomic mass is 9.79. The molecule has 0 saturated heterocycles. The summed E-state index contributed by atoms with van der Waals surface area (Å²) in [6.07, 6.45) is 6.22. The van der Waals surface area contributed by atoms with E-state index in [0.717, 1.165) is 43.2 Å². The first-order valence-corrected chi connectivity index (χ1v) is 14.1. The molecule has 0 heterocycles. The Kier molecular flexibility index (Phi) is 11.8. The number of hydrogen-bond acceptors (Lipinski definition) is 2. The molecule has 3 rings (SSSR count). The van der Waals surface area contributed by atoms with Gasteiger partial charge in [-0.2, -0.15) is 0 Å². The van der Waals surface area contributed by atoms with Crippen LogP contribution >= 0.6 is 0 Å². The minimum atomic E-state index is -1.43. The molecule has 1 fully saturated rings. The highest BCUT2D eigenvalue weighted by molar-refractivity contribution is 6.04. The lowest BCUT2D eigenvalue weighted by molar-refractivity contribution is -0.111. The van der Waals surface area contributed by atoms with E-state index in [1.165, 1.54) is 18.2 Å². The second kappa shape index (κ2) is 14.2. The van der Waals surface area contributed by atoms with Gasteiger partial charge in [-0.25, -0.2) is 13.2 Å². The smallest absolute Gasteiger partial charge is 0.248 e. The van der Waals surface area contributed by atoms with E-state index < -0.39 is 23.2 Å². The van der Waals surface area contributed by atoms with Crippen LogP contribution in [-0.2, 0) is 10.5 Å². The third kappa shape index (κ3) is 9.23. The third-order valence-corrected chi connectivity index (χ3v) is 7.52. The summed E-state index contributed by atoms with van der Waals surface area (Å²) >= 11 is 0. The molecule has 0 bridgehead atoms. The normalized spacial score (nSPS) is 16.4. The number of aliphatic hydroxyl groups is 1. The molecule has 1 saturated carbocycles. The van der Waals surface area contributed by atoms with Crippen molar-refractivity contribution in [2.24, 2.45) is 11.3 Å². The summed E-state index contributed by atoms with van der Waals surface area (Å²) in [5.74, 6) is -1.86. The van der Waals surface area contributed by atoms with Crippen LogP contribution in [0.25, 0.3) is 5.57 Å². The molecule has 216 valence electrons. The van der Waals surface area contributed by atoms with Crippen LogP contribution < -0.4 is 5.32 Å². The maximum Gasteiger partial charge on any atom is 0.248 e. The van der Waals surface area contributed by atoms with Crippen LogP contribution in [0.4, 0.5) is 18.9 Å². The molecule has 0 aromatic heterocycles. The average molecular weight is 546 g/mol. The van der Waals surface area contributed by atoms with Gasteiger partial charge >= 0.3 is 0 Å². The number of alkyl halides is 1. The highest BCUT2D eigenvalue weighted by atomic mass is 19.1. The molecule has 2 N–H and O–H groups in total. The summed E-state index contributed by atoms with van der Waals surface area (Å²) in [6.45, 7) is 13.7. The quantitative estimate of drug-likeness (QED) is 0.309. The monoisotopic (exact) mass is 545 g/mol. The van der Waals surface area contributed by atoms with Gasteiger partial charge in [-0.05, 0) is 72.3 Å². The number of rotatable bonds is 9. The minimum Gasteiger partial charge on any atom is -0.396 e. The SMILES string of the molecule is CC(C)(C)CO.CCC/C(=C\C(=O)Nc1cc(F)c(C2CCC2)c(F)c1)c1ccc(C(C)(F)C(C)CC)cc1. The Bertz CT molecular complexity index is 1090. The van der Waals surface area contributed by atoms with Gasteiger partial charge in [-0.1, -0.05) is 85.1 Å². The number of nitrogens with one attached hydrogen (secondary N) is 1. The predicted octanol–water partition coefficient (Wildman–Crippen LogP) is 9.31. The summed E-state index contributed by atoms with van der Waals surface area (Å²) in [4.78, 5) is 12.6. The Morgan fingerprint density at radius 3 is 2.03 bits per heavy atom. The standard InChI is InChI=1S/C28H34F3NO.C5H12O/c1-5-8-21(19-11-13-22(14-12-19)28(4,31)18(3)6-2)15-26(33)32-23-16-24(29)27(25(30)17-23)20-9-7-10-20;1-5(2,3)4-6/h11-18,20H,5-10H2,1-4H3,(H,32,33);6H,4H2,1-3H3/b21-15+;. The highest BCUT2D eigenvalue weighted by Crippen LogP contribution is 2.40. The van der Waals surface area contributed by atoms with Gasteiger partial charge < -0.3 is 10.4 Å². The van der Waals surface area contributed by atoms with Crippen LogP contribution in [0.3, 0.4) is 0 Å². The molecular formula is C33H46F3NO2. The number of carbonyl (C=O) groups is 1. The molecular weight excluding hydrogens is 499 g/mol. The molecule has 39 heavy (non-hydrogen) atoms. The summed E-state index contributed by atoms with van der Waals surface area (Å²) < 4.78 is 44.1. The maximum absolute atomic E-state index is 15.2. The van der Waals surface area contributed by atoms with Gasteiger partial charge in [-0.15, -0.1) is 0 Å². The molecule has 2 aromatic carbocycles. The molecule has 3 nitrogen and oxygen atoms in total. The van der Waals surface area contributed by atoms with E-state index in [1.54, 1.807) is 19.1 Å². The summed E-state index contributed by atoms with van der Waals surface area (Å²) in [5.41, 5.74) is 1.12. The minimum absolute atomic E-state index is 0.0692. The van der Waals surface area contributed by atoms with Crippen molar-refractivity contribution in [2.45, 2.75) is 98.6 Å². The van der Waals surface area contributed by atoms with Crippen molar-refractivity contribution in [1.29, 1.82) is 0 Å². The third-order valence-electron chi connectivity index (χ3n) is 7.52. The Morgan fingerprint density at radius 2 is 1.62 bits per heavy atom. The van der Waals surface area contributed by atoms with Crippen molar-refractivity contribution < 1.29 is 23.1 Å². The van der Waals surface area contributed by atoms with Crippen LogP contribution in [0.1, 0.15) is 110 Å². The van der Waals surface area contributed by atoms with E-state index in [0.29, 0.717) is 12.0 Å². The molecule has 6 heteroatoms. The van der Waals surface area contributed by atoms with Gasteiger partial charge in [0.25, 0.3) is 0 Å². The molecule has 0 aliphatic heterocycles. The molecule has 1 aliphatic carbocycles. The second-order valence-corrected chi connectivity index (χ2v) is 12.1. The lowest BCUT2D eigenvalue weighted by Gasteiger charge is -2.27. The summed E-state index contributed by atoms with van der Waals surface area (Å²) in [5, 5.41) is 11.0. The van der Waals surface area contributed by atoms with Gasteiger partial charge in [0.05, 0.1) is 0 Å². The van der Waals surface area contributed by atoms with E-state index in [2.05, 4.69) is 5.32 Å². The molecule has 0 spiro atoms. The number of halogens is 3. The molecule has 0 radical (unpaired) electrons. The van der Waals surface area contributed by atoms with Crippen LogP contribution in [0.5, 0.6) is 0 Å². The van der Waals surface area contributed by atoms with Crippen LogP contribution in [0, 0.1) is 23.0 Å². The zero-order valence-corrected chi connectivity index (χ0v) is 24.6. The van der Waals surface area contributed by atoms with Crippen LogP contribution in [0.2, 0.25) is 0 Å². The first kappa shape index (κ1) is 32.6. The molecule has 2 atom stereocenters. The molecule has 2 aromatic rings. The first-order valence-electron chi connectivity index (χ1n) is 14.1. The maximum atomic E-state index is 15.2. The number of hydrogen-bond donors (Lipinski definition) is 2. The Morgan fingerprint density at radius 1 is 1.08 bits per heavy atom. The first-order chi connectivity index (χ1) is 18.2. The van der Waals surface area contributed by atoms with Gasteiger partial charge in [0.2, 0.25) is 5.91 Å².